The minimum Gasteiger partial charge on any atom is -0.466 e. The van der Waals surface area contributed by atoms with Gasteiger partial charge in [0, 0.05) is 45.4 Å². The van der Waals surface area contributed by atoms with Gasteiger partial charge in [-0.1, -0.05) is 69.9 Å². The summed E-state index contributed by atoms with van der Waals surface area (Å²) in [5.74, 6) is -1.21. The Balaban J connectivity index is 1.53. The van der Waals surface area contributed by atoms with E-state index in [-0.39, 0.29) is 55.0 Å². The number of benzene rings is 1. The molecule has 0 aliphatic carbocycles. The molecule has 3 N–H and O–H groups in total. The predicted molar refractivity (Wildman–Crippen MR) is 203 cm³/mol. The number of carbonyl (C=O) groups is 5. The van der Waals surface area contributed by atoms with Crippen molar-refractivity contribution in [2.24, 2.45) is 10.9 Å². The Kier molecular flexibility index (Phi) is 18.9. The number of nitrogens with one attached hydrogen (secondary N) is 3. The maximum atomic E-state index is 13.6. The van der Waals surface area contributed by atoms with E-state index in [0.29, 0.717) is 71.1 Å². The summed E-state index contributed by atoms with van der Waals surface area (Å²) in [7, 11) is -3.69. The molecule has 2 aliphatic heterocycles. The van der Waals surface area contributed by atoms with Crippen LogP contribution in [0.15, 0.2) is 35.3 Å². The molecule has 2 atom stereocenters. The second kappa shape index (κ2) is 23.0. The highest BCUT2D eigenvalue weighted by Crippen LogP contribution is 2.22. The molecule has 4 amide bonds. The molecular formula is C38H60N6O8S. The molecule has 2 fully saturated rings. The van der Waals surface area contributed by atoms with Crippen molar-refractivity contribution >= 4 is 45.6 Å². The van der Waals surface area contributed by atoms with Crippen molar-refractivity contribution < 1.29 is 37.1 Å². The van der Waals surface area contributed by atoms with Crippen molar-refractivity contribution in [1.82, 2.24) is 25.2 Å². The van der Waals surface area contributed by atoms with Gasteiger partial charge >= 0.3 is 5.97 Å². The van der Waals surface area contributed by atoms with Crippen LogP contribution in [0.5, 0.6) is 0 Å². The van der Waals surface area contributed by atoms with Gasteiger partial charge in [0.25, 0.3) is 0 Å². The molecule has 2 saturated heterocycles. The van der Waals surface area contributed by atoms with Crippen LogP contribution in [-0.2, 0) is 45.2 Å². The Labute approximate surface area is 315 Å². The maximum absolute atomic E-state index is 13.6. The van der Waals surface area contributed by atoms with Crippen LogP contribution in [0, 0.1) is 5.92 Å². The Morgan fingerprint density at radius 1 is 0.887 bits per heavy atom. The van der Waals surface area contributed by atoms with E-state index in [4.69, 9.17) is 4.74 Å². The lowest BCUT2D eigenvalue weighted by Gasteiger charge is -2.34. The molecule has 53 heavy (non-hydrogen) atoms. The lowest BCUT2D eigenvalue weighted by Crippen LogP contribution is -2.54. The van der Waals surface area contributed by atoms with E-state index in [1.165, 1.54) is 4.90 Å². The van der Waals surface area contributed by atoms with E-state index < -0.39 is 28.0 Å². The number of piperidine rings is 1. The van der Waals surface area contributed by atoms with E-state index in [2.05, 4.69) is 34.2 Å². The second-order valence-corrected chi connectivity index (χ2v) is 15.9. The number of hydrogen-bond donors (Lipinski definition) is 3. The number of amides is 4. The normalized spacial score (nSPS) is 17.3. The fourth-order valence-corrected chi connectivity index (χ4v) is 7.28. The zero-order chi connectivity index (χ0) is 38.6. The summed E-state index contributed by atoms with van der Waals surface area (Å²) in [6, 6.07) is 7.43. The number of rotatable bonds is 20. The molecule has 0 radical (unpaired) electrons. The zero-order valence-corrected chi connectivity index (χ0v) is 32.6. The minimum absolute atomic E-state index is 0.117. The van der Waals surface area contributed by atoms with Gasteiger partial charge < -0.3 is 19.9 Å². The third kappa shape index (κ3) is 16.4. The second-order valence-electron chi connectivity index (χ2n) is 14.1. The van der Waals surface area contributed by atoms with Crippen molar-refractivity contribution in [3.8, 4) is 0 Å². The van der Waals surface area contributed by atoms with Crippen molar-refractivity contribution in [2.45, 2.75) is 122 Å². The fourth-order valence-electron chi connectivity index (χ4n) is 6.58. The summed E-state index contributed by atoms with van der Waals surface area (Å²) in [6.07, 6.45) is 10.2. The third-order valence-electron chi connectivity index (χ3n) is 9.53. The van der Waals surface area contributed by atoms with Gasteiger partial charge in [-0.2, -0.15) is 4.99 Å². The first-order valence-corrected chi connectivity index (χ1v) is 21.2. The highest BCUT2D eigenvalue weighted by Gasteiger charge is 2.38. The number of sulfonamides is 1. The van der Waals surface area contributed by atoms with Gasteiger partial charge in [0.1, 0.15) is 12.1 Å². The summed E-state index contributed by atoms with van der Waals surface area (Å²) in [4.78, 5) is 72.2. The van der Waals surface area contributed by atoms with Crippen LogP contribution in [0.3, 0.4) is 0 Å². The van der Waals surface area contributed by atoms with Crippen molar-refractivity contribution in [3.63, 3.8) is 0 Å². The van der Waals surface area contributed by atoms with Crippen LogP contribution in [-0.4, -0.2) is 105 Å². The Hall–Kier alpha value is -3.85. The number of nitrogens with zero attached hydrogens (tertiary/aromatic N) is 3. The molecule has 2 heterocycles. The van der Waals surface area contributed by atoms with Crippen LogP contribution >= 0.6 is 0 Å². The van der Waals surface area contributed by atoms with E-state index in [0.717, 1.165) is 50.3 Å². The zero-order valence-electron chi connectivity index (χ0n) is 31.8. The largest absolute Gasteiger partial charge is 0.466 e. The number of guanidine groups is 1. The van der Waals surface area contributed by atoms with Gasteiger partial charge in [0.15, 0.2) is 0 Å². The maximum Gasteiger partial charge on any atom is 0.305 e. The molecule has 296 valence electrons. The molecule has 0 saturated carbocycles. The molecule has 1 aromatic carbocycles. The molecule has 0 aromatic heterocycles. The average molecular weight is 761 g/mol. The van der Waals surface area contributed by atoms with Gasteiger partial charge in [0.2, 0.25) is 39.6 Å². The number of carbonyl (C=O) groups excluding carboxylic acids is 5. The number of esters is 1. The lowest BCUT2D eigenvalue weighted by atomic mass is 9.96. The van der Waals surface area contributed by atoms with Crippen molar-refractivity contribution in [1.29, 1.82) is 0 Å². The SMILES string of the molecule is CCCCCC(=O)/N=C(\NC(=O)CCCOC(=O)CCCCC)N1CCC(CNC(=O)[C@@H]2CCCN2C(=O)[C@@H](Cc2ccccc2)NS(C)(=O)=O)CC1. The van der Waals surface area contributed by atoms with Crippen LogP contribution in [0.25, 0.3) is 0 Å². The van der Waals surface area contributed by atoms with E-state index in [1.807, 2.05) is 35.2 Å². The standard InChI is InChI=1S/C38H60N6O8S/c1-4-6-9-18-33(45)40-38(41-34(46)19-14-26-52-35(47)20-10-7-5-2)43-24-21-30(22-25-43)28-39-36(48)32-17-13-23-44(32)37(49)31(42-53(3,50)51)27-29-15-11-8-12-16-29/h8,11-12,15-16,30-32,42H,4-7,9-10,13-14,17-28H2,1-3H3,(H,39,48)(H,40,41,45,46)/t31-,32+/m1/s1. The van der Waals surface area contributed by atoms with Gasteiger partial charge in [-0.25, -0.2) is 13.1 Å². The number of aliphatic imine (C=N–C) groups is 1. The van der Waals surface area contributed by atoms with E-state index >= 15 is 0 Å². The summed E-state index contributed by atoms with van der Waals surface area (Å²) in [6.45, 7) is 6.06. The first-order valence-electron chi connectivity index (χ1n) is 19.3. The predicted octanol–water partition coefficient (Wildman–Crippen LogP) is 3.45. The van der Waals surface area contributed by atoms with Crippen molar-refractivity contribution in [3.05, 3.63) is 35.9 Å². The van der Waals surface area contributed by atoms with Crippen LogP contribution in [0.2, 0.25) is 0 Å². The van der Waals surface area contributed by atoms with Crippen LogP contribution in [0.1, 0.15) is 109 Å². The average Bonchev–Trinajstić information content (AvgIpc) is 3.62. The fraction of sp³-hybridized carbons (Fsp3) is 0.684. The molecule has 1 aromatic rings. The molecule has 15 heteroatoms. The quantitative estimate of drug-likeness (QED) is 0.0776. The van der Waals surface area contributed by atoms with Crippen LogP contribution in [0.4, 0.5) is 0 Å². The topological polar surface area (TPSA) is 184 Å². The van der Waals surface area contributed by atoms with Gasteiger partial charge in [0.05, 0.1) is 12.9 Å². The summed E-state index contributed by atoms with van der Waals surface area (Å²) >= 11 is 0. The van der Waals surface area contributed by atoms with Crippen molar-refractivity contribution in [2.75, 3.05) is 39.0 Å². The minimum atomic E-state index is -3.69. The smallest absolute Gasteiger partial charge is 0.305 e. The highest BCUT2D eigenvalue weighted by atomic mass is 32.2. The van der Waals surface area contributed by atoms with Gasteiger partial charge in [-0.3, -0.25) is 29.3 Å². The summed E-state index contributed by atoms with van der Waals surface area (Å²) in [5.41, 5.74) is 0.804. The number of unbranched alkanes of at least 4 members (excludes halogenated alkanes) is 4. The Morgan fingerprint density at radius 3 is 2.23 bits per heavy atom. The monoisotopic (exact) mass is 760 g/mol. The molecule has 0 unspecified atom stereocenters. The highest BCUT2D eigenvalue weighted by molar-refractivity contribution is 7.88. The van der Waals surface area contributed by atoms with E-state index in [1.54, 1.807) is 0 Å². The number of likely N-dealkylation sites (tertiary alicyclic amines) is 2. The first-order chi connectivity index (χ1) is 25.4. The number of ether oxygens (including phenoxy) is 1. The molecular weight excluding hydrogens is 701 g/mol. The Bertz CT molecular complexity index is 1480. The molecule has 0 bridgehead atoms. The Morgan fingerprint density at radius 2 is 1.57 bits per heavy atom. The molecule has 14 nitrogen and oxygen atoms in total. The summed E-state index contributed by atoms with van der Waals surface area (Å²) < 4.78 is 32.0. The van der Waals surface area contributed by atoms with Gasteiger partial charge in [-0.15, -0.1) is 0 Å². The lowest BCUT2D eigenvalue weighted by molar-refractivity contribution is -0.144. The van der Waals surface area contributed by atoms with Crippen LogP contribution < -0.4 is 15.4 Å². The molecule has 3 rings (SSSR count). The summed E-state index contributed by atoms with van der Waals surface area (Å²) in [5, 5.41) is 5.84. The van der Waals surface area contributed by atoms with Gasteiger partial charge in [-0.05, 0) is 62.8 Å². The van der Waals surface area contributed by atoms with E-state index in [9.17, 15) is 32.4 Å². The number of hydrogen-bond acceptors (Lipinski definition) is 8. The first kappa shape index (κ1) is 43.6. The third-order valence-corrected chi connectivity index (χ3v) is 10.2. The molecule has 0 spiro atoms. The molecule has 2 aliphatic rings.